The molecule has 0 atom stereocenters. The Bertz CT molecular complexity index is 965. The van der Waals surface area contributed by atoms with Gasteiger partial charge in [-0.05, 0) is 30.2 Å². The first-order valence-corrected chi connectivity index (χ1v) is 10.1. The zero-order valence-electron chi connectivity index (χ0n) is 16.1. The molecule has 0 bridgehead atoms. The highest BCUT2D eigenvalue weighted by Gasteiger charge is 2.10. The number of carboxylic acid groups (broad SMARTS) is 1. The lowest BCUT2D eigenvalue weighted by molar-refractivity contribution is -0.136. The van der Waals surface area contributed by atoms with Gasteiger partial charge < -0.3 is 15.2 Å². The molecule has 0 aliphatic carbocycles. The summed E-state index contributed by atoms with van der Waals surface area (Å²) in [5.41, 5.74) is 3.98. The van der Waals surface area contributed by atoms with Gasteiger partial charge in [0.05, 0.1) is 25.1 Å². The fourth-order valence-corrected chi connectivity index (χ4v) is 3.51. The molecule has 29 heavy (non-hydrogen) atoms. The third-order valence-corrected chi connectivity index (χ3v) is 5.07. The summed E-state index contributed by atoms with van der Waals surface area (Å²) >= 11 is 1.29. The number of carboxylic acids is 1. The predicted octanol–water partition coefficient (Wildman–Crippen LogP) is 3.48. The molecule has 0 aliphatic heterocycles. The summed E-state index contributed by atoms with van der Waals surface area (Å²) in [7, 11) is 0. The van der Waals surface area contributed by atoms with Gasteiger partial charge in [-0.1, -0.05) is 42.0 Å². The first kappa shape index (κ1) is 20.5. The van der Waals surface area contributed by atoms with Crippen LogP contribution in [0.4, 0.5) is 0 Å². The van der Waals surface area contributed by atoms with Crippen LogP contribution < -0.4 is 10.1 Å². The van der Waals surface area contributed by atoms with Crippen molar-refractivity contribution in [1.29, 1.82) is 0 Å². The van der Waals surface area contributed by atoms with E-state index < -0.39 is 5.97 Å². The van der Waals surface area contributed by atoms with Crippen molar-refractivity contribution < 1.29 is 19.4 Å². The van der Waals surface area contributed by atoms with Crippen LogP contribution in [0.5, 0.6) is 5.75 Å². The van der Waals surface area contributed by atoms with E-state index in [1.165, 1.54) is 16.9 Å². The fraction of sp³-hybridized carbons (Fsp3) is 0.227. The van der Waals surface area contributed by atoms with Crippen molar-refractivity contribution in [3.63, 3.8) is 0 Å². The molecule has 0 saturated heterocycles. The van der Waals surface area contributed by atoms with E-state index in [0.717, 1.165) is 16.9 Å². The molecule has 0 radical (unpaired) electrons. The number of nitrogens with zero attached hydrogens (tertiary/aromatic N) is 1. The number of hydrogen-bond acceptors (Lipinski definition) is 5. The number of aromatic nitrogens is 1. The molecular formula is C22H22N2O4S. The molecule has 0 fully saturated rings. The molecule has 6 nitrogen and oxygen atoms in total. The maximum atomic E-state index is 12.0. The monoisotopic (exact) mass is 410 g/mol. The van der Waals surface area contributed by atoms with E-state index in [2.05, 4.69) is 41.5 Å². The zero-order chi connectivity index (χ0) is 20.6. The molecule has 1 aromatic heterocycles. The van der Waals surface area contributed by atoms with Crippen LogP contribution in [0.1, 0.15) is 16.3 Å². The molecule has 3 aromatic rings. The second-order valence-electron chi connectivity index (χ2n) is 6.57. The Labute approximate surface area is 173 Å². The van der Waals surface area contributed by atoms with Crippen LogP contribution in [0.3, 0.4) is 0 Å². The van der Waals surface area contributed by atoms with E-state index in [1.807, 2.05) is 24.3 Å². The topological polar surface area (TPSA) is 88.5 Å². The van der Waals surface area contributed by atoms with Gasteiger partial charge in [0.2, 0.25) is 5.91 Å². The van der Waals surface area contributed by atoms with E-state index in [0.29, 0.717) is 23.9 Å². The number of carbonyl (C=O) groups excluding carboxylic acids is 1. The van der Waals surface area contributed by atoms with Gasteiger partial charge in [0, 0.05) is 5.38 Å². The minimum absolute atomic E-state index is 0.130. The van der Waals surface area contributed by atoms with Crippen molar-refractivity contribution in [2.24, 2.45) is 0 Å². The summed E-state index contributed by atoms with van der Waals surface area (Å²) in [5.74, 6) is -0.358. The maximum absolute atomic E-state index is 12.0. The minimum atomic E-state index is -0.935. The molecule has 150 valence electrons. The Morgan fingerprint density at radius 1 is 1.03 bits per heavy atom. The Morgan fingerprint density at radius 3 is 2.34 bits per heavy atom. The summed E-state index contributed by atoms with van der Waals surface area (Å²) in [6, 6.07) is 16.2. The van der Waals surface area contributed by atoms with Crippen LogP contribution in [-0.4, -0.2) is 35.1 Å². The fourth-order valence-electron chi connectivity index (χ4n) is 2.72. The molecule has 0 spiro atoms. The Hall–Kier alpha value is -3.19. The normalized spacial score (nSPS) is 10.5. The summed E-state index contributed by atoms with van der Waals surface area (Å²) < 4.78 is 5.67. The van der Waals surface area contributed by atoms with E-state index in [4.69, 9.17) is 9.84 Å². The van der Waals surface area contributed by atoms with Crippen molar-refractivity contribution in [3.05, 3.63) is 70.2 Å². The largest absolute Gasteiger partial charge is 0.492 e. The molecule has 0 aliphatic rings. The van der Waals surface area contributed by atoms with Crippen LogP contribution in [0, 0.1) is 6.92 Å². The average molecular weight is 410 g/mol. The Morgan fingerprint density at radius 2 is 1.69 bits per heavy atom. The van der Waals surface area contributed by atoms with Crippen LogP contribution in [-0.2, 0) is 22.4 Å². The van der Waals surface area contributed by atoms with Gasteiger partial charge in [0.1, 0.15) is 17.4 Å². The minimum Gasteiger partial charge on any atom is -0.492 e. The third-order valence-electron chi connectivity index (χ3n) is 4.18. The van der Waals surface area contributed by atoms with Crippen molar-refractivity contribution in [3.8, 4) is 16.9 Å². The van der Waals surface area contributed by atoms with Crippen molar-refractivity contribution in [1.82, 2.24) is 10.3 Å². The summed E-state index contributed by atoms with van der Waals surface area (Å²) in [5, 5.41) is 13.8. The first-order valence-electron chi connectivity index (χ1n) is 9.21. The molecule has 2 N–H and O–H groups in total. The summed E-state index contributed by atoms with van der Waals surface area (Å²) in [6.07, 6.45) is 0.00416. The lowest BCUT2D eigenvalue weighted by Gasteiger charge is -2.08. The lowest BCUT2D eigenvalue weighted by Crippen LogP contribution is -2.29. The van der Waals surface area contributed by atoms with Crippen LogP contribution in [0.15, 0.2) is 53.9 Å². The predicted molar refractivity (Wildman–Crippen MR) is 112 cm³/mol. The molecule has 1 amide bonds. The van der Waals surface area contributed by atoms with Gasteiger partial charge >= 0.3 is 5.97 Å². The van der Waals surface area contributed by atoms with E-state index in [-0.39, 0.29) is 18.7 Å². The number of hydrogen-bond donors (Lipinski definition) is 2. The van der Waals surface area contributed by atoms with Gasteiger partial charge in [0.25, 0.3) is 0 Å². The van der Waals surface area contributed by atoms with Crippen molar-refractivity contribution in [2.45, 2.75) is 19.8 Å². The quantitative estimate of drug-likeness (QED) is 0.527. The van der Waals surface area contributed by atoms with Gasteiger partial charge in [-0.2, -0.15) is 0 Å². The second-order valence-corrected chi connectivity index (χ2v) is 7.51. The summed E-state index contributed by atoms with van der Waals surface area (Å²) in [4.78, 5) is 26.8. The van der Waals surface area contributed by atoms with Crippen molar-refractivity contribution >= 4 is 23.2 Å². The standard InChI is InChI=1S/C22H22N2O4S/c1-15-2-4-16(5-3-15)17-6-8-19(9-7-17)28-11-10-23-20(25)13-21-24-18(14-29-21)12-22(26)27/h2-9,14H,10-13H2,1H3,(H,23,25)(H,26,27). The molecule has 1 heterocycles. The van der Waals surface area contributed by atoms with E-state index >= 15 is 0 Å². The SMILES string of the molecule is Cc1ccc(-c2ccc(OCCNC(=O)Cc3nc(CC(=O)O)cs3)cc2)cc1. The number of amides is 1. The smallest absolute Gasteiger partial charge is 0.309 e. The molecule has 0 saturated carbocycles. The number of benzene rings is 2. The van der Waals surface area contributed by atoms with E-state index in [9.17, 15) is 9.59 Å². The van der Waals surface area contributed by atoms with E-state index in [1.54, 1.807) is 5.38 Å². The van der Waals surface area contributed by atoms with Crippen molar-refractivity contribution in [2.75, 3.05) is 13.2 Å². The second kappa shape index (κ2) is 9.84. The highest BCUT2D eigenvalue weighted by atomic mass is 32.1. The highest BCUT2D eigenvalue weighted by molar-refractivity contribution is 7.09. The number of nitrogens with one attached hydrogen (secondary N) is 1. The Kier molecular flexibility index (Phi) is 6.97. The van der Waals surface area contributed by atoms with Crippen LogP contribution in [0.25, 0.3) is 11.1 Å². The summed E-state index contributed by atoms with van der Waals surface area (Å²) in [6.45, 7) is 2.80. The zero-order valence-corrected chi connectivity index (χ0v) is 16.9. The third kappa shape index (κ3) is 6.43. The highest BCUT2D eigenvalue weighted by Crippen LogP contribution is 2.22. The number of carbonyl (C=O) groups is 2. The first-order chi connectivity index (χ1) is 14.0. The number of aryl methyl sites for hydroxylation is 1. The van der Waals surface area contributed by atoms with Gasteiger partial charge in [-0.25, -0.2) is 4.98 Å². The molecule has 7 heteroatoms. The van der Waals surface area contributed by atoms with Gasteiger partial charge in [0.15, 0.2) is 0 Å². The molecule has 3 rings (SSSR count). The number of ether oxygens (including phenoxy) is 1. The molecule has 0 unspecified atom stereocenters. The lowest BCUT2D eigenvalue weighted by atomic mass is 10.0. The molecule has 2 aromatic carbocycles. The van der Waals surface area contributed by atoms with Gasteiger partial charge in [-0.3, -0.25) is 9.59 Å². The Balaban J connectivity index is 1.39. The molecular weight excluding hydrogens is 388 g/mol. The number of rotatable bonds is 9. The van der Waals surface area contributed by atoms with Gasteiger partial charge in [-0.15, -0.1) is 11.3 Å². The number of thiazole rings is 1. The average Bonchev–Trinajstić information content (AvgIpc) is 3.12. The van der Waals surface area contributed by atoms with Crippen LogP contribution in [0.2, 0.25) is 0 Å². The number of aliphatic carboxylic acids is 1. The van der Waals surface area contributed by atoms with Crippen LogP contribution >= 0.6 is 11.3 Å². The maximum Gasteiger partial charge on any atom is 0.309 e.